The van der Waals surface area contributed by atoms with Gasteiger partial charge >= 0.3 is 0 Å². The van der Waals surface area contributed by atoms with Crippen LogP contribution in [0.25, 0.3) is 0 Å². The highest BCUT2D eigenvalue weighted by Gasteiger charge is 2.19. The maximum Gasteiger partial charge on any atom is 0.0584 e. The Balaban J connectivity index is 2.32. The van der Waals surface area contributed by atoms with E-state index in [-0.39, 0.29) is 12.6 Å². The second kappa shape index (κ2) is 7.17. The normalized spacial score (nSPS) is 27.1. The van der Waals surface area contributed by atoms with E-state index in [1.54, 1.807) is 0 Å². The first-order valence-corrected chi connectivity index (χ1v) is 7.02. The van der Waals surface area contributed by atoms with Gasteiger partial charge in [-0.05, 0) is 50.5 Å². The summed E-state index contributed by atoms with van der Waals surface area (Å²) in [5.41, 5.74) is 1.53. The van der Waals surface area contributed by atoms with Crippen LogP contribution in [0.5, 0.6) is 0 Å². The fraction of sp³-hybridized carbons (Fsp3) is 0.867. The Morgan fingerprint density at radius 2 is 2.18 bits per heavy atom. The number of nitrogens with one attached hydrogen (secondary N) is 1. The lowest BCUT2D eigenvalue weighted by atomic mass is 9.83. The van der Waals surface area contributed by atoms with Gasteiger partial charge in [-0.2, -0.15) is 0 Å². The third kappa shape index (κ3) is 5.69. The molecular formula is C15H29NO. The molecule has 2 nitrogen and oxygen atoms in total. The van der Waals surface area contributed by atoms with E-state index in [0.717, 1.165) is 18.9 Å². The number of aliphatic hydroxyl groups is 1. The number of rotatable bonds is 6. The molecule has 0 fully saturated rings. The highest BCUT2D eigenvalue weighted by atomic mass is 16.3. The van der Waals surface area contributed by atoms with Gasteiger partial charge < -0.3 is 10.4 Å². The van der Waals surface area contributed by atoms with E-state index in [9.17, 15) is 5.11 Å². The summed E-state index contributed by atoms with van der Waals surface area (Å²) in [5, 5.41) is 12.9. The molecule has 2 N–H and O–H groups in total. The Morgan fingerprint density at radius 3 is 2.71 bits per heavy atom. The molecule has 0 aliphatic heterocycles. The molecule has 0 bridgehead atoms. The van der Waals surface area contributed by atoms with Crippen molar-refractivity contribution in [3.63, 3.8) is 0 Å². The van der Waals surface area contributed by atoms with Crippen molar-refractivity contribution in [1.82, 2.24) is 5.32 Å². The van der Waals surface area contributed by atoms with Crippen LogP contribution in [-0.4, -0.2) is 24.3 Å². The molecule has 0 aromatic heterocycles. The van der Waals surface area contributed by atoms with Crippen LogP contribution in [0.3, 0.4) is 0 Å². The van der Waals surface area contributed by atoms with Crippen LogP contribution in [0.4, 0.5) is 0 Å². The largest absolute Gasteiger partial charge is 0.395 e. The lowest BCUT2D eigenvalue weighted by molar-refractivity contribution is 0.215. The van der Waals surface area contributed by atoms with E-state index < -0.39 is 0 Å². The van der Waals surface area contributed by atoms with Gasteiger partial charge in [0.05, 0.1) is 6.61 Å². The molecule has 100 valence electrons. The molecule has 0 aromatic carbocycles. The highest BCUT2D eigenvalue weighted by Crippen LogP contribution is 2.27. The lowest BCUT2D eigenvalue weighted by Gasteiger charge is -2.28. The molecule has 0 aromatic rings. The smallest absolute Gasteiger partial charge is 0.0584 e. The van der Waals surface area contributed by atoms with Crippen LogP contribution in [-0.2, 0) is 0 Å². The molecule has 0 heterocycles. The van der Waals surface area contributed by atoms with Crippen molar-refractivity contribution in [2.75, 3.05) is 13.2 Å². The van der Waals surface area contributed by atoms with Crippen molar-refractivity contribution in [3.05, 3.63) is 11.6 Å². The first kappa shape index (κ1) is 14.7. The summed E-state index contributed by atoms with van der Waals surface area (Å²) in [4.78, 5) is 0. The minimum atomic E-state index is 0.259. The zero-order valence-electron chi connectivity index (χ0n) is 11.9. The summed E-state index contributed by atoms with van der Waals surface area (Å²) >= 11 is 0. The summed E-state index contributed by atoms with van der Waals surface area (Å²) in [7, 11) is 0. The van der Waals surface area contributed by atoms with Gasteiger partial charge in [0.2, 0.25) is 0 Å². The number of allylic oxidation sites excluding steroid dienone is 2. The Bertz CT molecular complexity index is 247. The Hall–Kier alpha value is -0.340. The molecule has 2 heteroatoms. The number of hydrogen-bond donors (Lipinski definition) is 2. The van der Waals surface area contributed by atoms with Gasteiger partial charge in [0.15, 0.2) is 0 Å². The van der Waals surface area contributed by atoms with Gasteiger partial charge in [-0.3, -0.25) is 0 Å². The molecule has 0 saturated carbocycles. The first-order valence-electron chi connectivity index (χ1n) is 7.02. The van der Waals surface area contributed by atoms with Crippen molar-refractivity contribution in [2.45, 2.75) is 53.0 Å². The van der Waals surface area contributed by atoms with Crippen LogP contribution >= 0.6 is 0 Å². The maximum absolute atomic E-state index is 9.33. The molecule has 1 aliphatic rings. The third-order valence-electron chi connectivity index (χ3n) is 3.56. The van der Waals surface area contributed by atoms with Crippen LogP contribution < -0.4 is 5.32 Å². The monoisotopic (exact) mass is 239 g/mol. The van der Waals surface area contributed by atoms with Crippen molar-refractivity contribution < 1.29 is 5.11 Å². The summed E-state index contributed by atoms with van der Waals surface area (Å²) in [6.07, 6.45) is 5.96. The van der Waals surface area contributed by atoms with Gasteiger partial charge in [0, 0.05) is 6.04 Å². The minimum absolute atomic E-state index is 0.259. The molecule has 0 spiro atoms. The first-order chi connectivity index (χ1) is 8.01. The average molecular weight is 239 g/mol. The summed E-state index contributed by atoms with van der Waals surface area (Å²) < 4.78 is 0. The molecule has 3 atom stereocenters. The zero-order chi connectivity index (χ0) is 12.8. The predicted molar refractivity (Wildman–Crippen MR) is 74.0 cm³/mol. The predicted octanol–water partition coefficient (Wildman–Crippen LogP) is 2.98. The maximum atomic E-state index is 9.33. The van der Waals surface area contributed by atoms with E-state index in [4.69, 9.17) is 0 Å². The fourth-order valence-corrected chi connectivity index (χ4v) is 2.97. The van der Waals surface area contributed by atoms with Crippen molar-refractivity contribution in [3.8, 4) is 0 Å². The molecule has 0 radical (unpaired) electrons. The van der Waals surface area contributed by atoms with E-state index in [0.29, 0.717) is 11.8 Å². The lowest BCUT2D eigenvalue weighted by Crippen LogP contribution is -2.38. The Morgan fingerprint density at radius 1 is 1.47 bits per heavy atom. The van der Waals surface area contributed by atoms with Crippen LogP contribution in [0.15, 0.2) is 11.6 Å². The van der Waals surface area contributed by atoms with Crippen LogP contribution in [0, 0.1) is 17.8 Å². The summed E-state index contributed by atoms with van der Waals surface area (Å²) in [5.74, 6) is 2.11. The number of aliphatic hydroxyl groups excluding tert-OH is 1. The van der Waals surface area contributed by atoms with Gasteiger partial charge in [0.1, 0.15) is 0 Å². The van der Waals surface area contributed by atoms with E-state index in [1.165, 1.54) is 18.4 Å². The zero-order valence-corrected chi connectivity index (χ0v) is 11.9. The second-order valence-corrected chi connectivity index (χ2v) is 6.21. The second-order valence-electron chi connectivity index (χ2n) is 6.21. The standard InChI is InChI=1S/C15H29NO/c1-11(2)5-15(10-17)16-9-14-7-12(3)6-13(4)8-14/h6,11-12,14-17H,5,7-10H2,1-4H3. The number of hydrogen-bond acceptors (Lipinski definition) is 2. The van der Waals surface area contributed by atoms with Crippen LogP contribution in [0.1, 0.15) is 47.0 Å². The van der Waals surface area contributed by atoms with Gasteiger partial charge in [0.25, 0.3) is 0 Å². The summed E-state index contributed by atoms with van der Waals surface area (Å²) in [6, 6.07) is 0.275. The van der Waals surface area contributed by atoms with Crippen molar-refractivity contribution in [1.29, 1.82) is 0 Å². The van der Waals surface area contributed by atoms with Gasteiger partial charge in [-0.25, -0.2) is 0 Å². The highest BCUT2D eigenvalue weighted by molar-refractivity contribution is 5.06. The molecular weight excluding hydrogens is 210 g/mol. The van der Waals surface area contributed by atoms with Gasteiger partial charge in [-0.1, -0.05) is 32.4 Å². The molecule has 1 rings (SSSR count). The molecule has 17 heavy (non-hydrogen) atoms. The van der Waals surface area contributed by atoms with E-state index >= 15 is 0 Å². The Kier molecular flexibility index (Phi) is 6.21. The molecule has 1 aliphatic carbocycles. The molecule has 0 saturated heterocycles. The Labute approximate surface area is 106 Å². The van der Waals surface area contributed by atoms with E-state index in [1.807, 2.05) is 0 Å². The fourth-order valence-electron chi connectivity index (χ4n) is 2.97. The van der Waals surface area contributed by atoms with Crippen molar-refractivity contribution in [2.24, 2.45) is 17.8 Å². The minimum Gasteiger partial charge on any atom is -0.395 e. The van der Waals surface area contributed by atoms with Crippen molar-refractivity contribution >= 4 is 0 Å². The van der Waals surface area contributed by atoms with Crippen LogP contribution in [0.2, 0.25) is 0 Å². The van der Waals surface area contributed by atoms with Gasteiger partial charge in [-0.15, -0.1) is 0 Å². The molecule has 0 amide bonds. The molecule has 3 unspecified atom stereocenters. The third-order valence-corrected chi connectivity index (χ3v) is 3.56. The average Bonchev–Trinajstić information content (AvgIpc) is 2.22. The topological polar surface area (TPSA) is 32.3 Å². The summed E-state index contributed by atoms with van der Waals surface area (Å²) in [6.45, 7) is 10.3. The SMILES string of the molecule is CC1=CC(C)CC(CNC(CO)CC(C)C)C1. The van der Waals surface area contributed by atoms with E-state index in [2.05, 4.69) is 39.1 Å². The quantitative estimate of drug-likeness (QED) is 0.698.